The summed E-state index contributed by atoms with van der Waals surface area (Å²) in [5, 5.41) is 8.48. The van der Waals surface area contributed by atoms with Gasteiger partial charge < -0.3 is 4.74 Å². The quantitative estimate of drug-likeness (QED) is 0.688. The Morgan fingerprint density at radius 2 is 1.92 bits per heavy atom. The summed E-state index contributed by atoms with van der Waals surface area (Å²) >= 11 is 0. The number of rotatable bonds is 4. The molecule has 0 unspecified atom stereocenters. The lowest BCUT2D eigenvalue weighted by molar-refractivity contribution is 0.0378. The number of aromatic nitrogens is 3. The molecule has 0 aliphatic heterocycles. The van der Waals surface area contributed by atoms with Gasteiger partial charge in [-0.3, -0.25) is 0 Å². The molecule has 0 aliphatic rings. The van der Waals surface area contributed by atoms with E-state index < -0.39 is 0 Å². The average Bonchev–Trinajstić information content (AvgIpc) is 2.89. The summed E-state index contributed by atoms with van der Waals surface area (Å²) in [6.45, 7) is 8.38. The topological polar surface area (TPSA) is 57.0 Å². The first-order valence-electron chi connectivity index (χ1n) is 8.04. The van der Waals surface area contributed by atoms with Crippen molar-refractivity contribution in [3.63, 3.8) is 0 Å². The third-order valence-corrected chi connectivity index (χ3v) is 3.97. The molecule has 124 valence electrons. The first kappa shape index (κ1) is 16.2. The minimum atomic E-state index is -0.304. The summed E-state index contributed by atoms with van der Waals surface area (Å²) in [5.41, 5.74) is 5.82. The zero-order valence-electron chi connectivity index (χ0n) is 14.4. The van der Waals surface area contributed by atoms with Crippen LogP contribution in [0, 0.1) is 13.8 Å². The fourth-order valence-electron chi connectivity index (χ4n) is 2.59. The van der Waals surface area contributed by atoms with Crippen LogP contribution in [-0.4, -0.2) is 27.1 Å². The molecule has 1 aromatic heterocycles. The molecule has 5 heteroatoms. The van der Waals surface area contributed by atoms with Crippen LogP contribution >= 0.6 is 0 Å². The summed E-state index contributed by atoms with van der Waals surface area (Å²) in [4.78, 5) is 12.0. The maximum absolute atomic E-state index is 12.0. The maximum atomic E-state index is 12.0. The Kier molecular flexibility index (Phi) is 4.34. The van der Waals surface area contributed by atoms with E-state index in [1.165, 1.54) is 11.1 Å². The summed E-state index contributed by atoms with van der Waals surface area (Å²) in [6.07, 6.45) is -0.133. The van der Waals surface area contributed by atoms with Gasteiger partial charge in [0.05, 0.1) is 23.7 Å². The van der Waals surface area contributed by atoms with Crippen molar-refractivity contribution in [2.24, 2.45) is 0 Å². The molecule has 5 nitrogen and oxygen atoms in total. The number of nitrogens with zero attached hydrogens (tertiary/aromatic N) is 3. The van der Waals surface area contributed by atoms with Gasteiger partial charge in [0.15, 0.2) is 0 Å². The molecule has 0 fully saturated rings. The van der Waals surface area contributed by atoms with E-state index in [-0.39, 0.29) is 12.1 Å². The van der Waals surface area contributed by atoms with Gasteiger partial charge in [0.1, 0.15) is 5.52 Å². The van der Waals surface area contributed by atoms with E-state index in [1.54, 1.807) is 6.07 Å². The van der Waals surface area contributed by atoms with Gasteiger partial charge in [-0.25, -0.2) is 9.48 Å². The van der Waals surface area contributed by atoms with E-state index in [9.17, 15) is 4.79 Å². The summed E-state index contributed by atoms with van der Waals surface area (Å²) < 4.78 is 7.11. The number of hydrogen-bond acceptors (Lipinski definition) is 4. The molecule has 0 N–H and O–H groups in total. The van der Waals surface area contributed by atoms with Gasteiger partial charge in [-0.2, -0.15) is 0 Å². The van der Waals surface area contributed by atoms with E-state index in [1.807, 2.05) is 42.8 Å². The SMILES string of the molecule is Cc1cc2nnn(Cc3cccc(C(=O)OC(C)C)c3)c2cc1C. The number of carbonyl (C=O) groups excluding carboxylic acids is 1. The number of esters is 1. The lowest BCUT2D eigenvalue weighted by Gasteiger charge is -2.09. The molecular weight excluding hydrogens is 302 g/mol. The van der Waals surface area contributed by atoms with Crippen LogP contribution in [0.15, 0.2) is 36.4 Å². The fourth-order valence-corrected chi connectivity index (χ4v) is 2.59. The Morgan fingerprint density at radius 3 is 2.67 bits per heavy atom. The highest BCUT2D eigenvalue weighted by Crippen LogP contribution is 2.18. The van der Waals surface area contributed by atoms with Crippen LogP contribution in [0.3, 0.4) is 0 Å². The zero-order valence-corrected chi connectivity index (χ0v) is 14.4. The zero-order chi connectivity index (χ0) is 17.3. The van der Waals surface area contributed by atoms with E-state index in [0.717, 1.165) is 16.6 Å². The summed E-state index contributed by atoms with van der Waals surface area (Å²) in [7, 11) is 0. The van der Waals surface area contributed by atoms with Crippen LogP contribution in [0.4, 0.5) is 0 Å². The molecule has 24 heavy (non-hydrogen) atoms. The normalized spacial score (nSPS) is 11.2. The molecule has 0 radical (unpaired) electrons. The van der Waals surface area contributed by atoms with Crippen LogP contribution in [-0.2, 0) is 11.3 Å². The molecule has 2 aromatic carbocycles. The van der Waals surface area contributed by atoms with E-state index in [4.69, 9.17) is 4.74 Å². The first-order valence-corrected chi connectivity index (χ1v) is 8.04. The van der Waals surface area contributed by atoms with Crippen LogP contribution in [0.1, 0.15) is 40.9 Å². The van der Waals surface area contributed by atoms with Crippen molar-refractivity contribution in [3.8, 4) is 0 Å². The molecule has 0 atom stereocenters. The Balaban J connectivity index is 1.89. The predicted molar refractivity (Wildman–Crippen MR) is 93.1 cm³/mol. The molecule has 0 spiro atoms. The molecular formula is C19H21N3O2. The van der Waals surface area contributed by atoms with Crippen LogP contribution < -0.4 is 0 Å². The predicted octanol–water partition coefficient (Wildman–Crippen LogP) is 3.66. The third kappa shape index (κ3) is 3.30. The van der Waals surface area contributed by atoms with E-state index in [2.05, 4.69) is 30.2 Å². The van der Waals surface area contributed by atoms with Crippen molar-refractivity contribution >= 4 is 17.0 Å². The largest absolute Gasteiger partial charge is 0.459 e. The van der Waals surface area contributed by atoms with Crippen molar-refractivity contribution in [1.82, 2.24) is 15.0 Å². The van der Waals surface area contributed by atoms with Crippen LogP contribution in [0.2, 0.25) is 0 Å². The molecule has 3 aromatic rings. The molecule has 0 amide bonds. The molecule has 0 aliphatic carbocycles. The second-order valence-corrected chi connectivity index (χ2v) is 6.33. The Labute approximate surface area is 141 Å². The van der Waals surface area contributed by atoms with Gasteiger partial charge in [-0.15, -0.1) is 5.10 Å². The standard InChI is InChI=1S/C19H21N3O2/c1-12(2)24-19(23)16-7-5-6-15(10-16)11-22-18-9-14(4)13(3)8-17(18)20-21-22/h5-10,12H,11H2,1-4H3. The van der Waals surface area contributed by atoms with Crippen molar-refractivity contribution in [2.75, 3.05) is 0 Å². The van der Waals surface area contributed by atoms with Gasteiger partial charge in [-0.05, 0) is 68.7 Å². The number of hydrogen-bond donors (Lipinski definition) is 0. The van der Waals surface area contributed by atoms with Gasteiger partial charge >= 0.3 is 5.97 Å². The highest BCUT2D eigenvalue weighted by atomic mass is 16.5. The Hall–Kier alpha value is -2.69. The van der Waals surface area contributed by atoms with Crippen molar-refractivity contribution in [1.29, 1.82) is 0 Å². The first-order chi connectivity index (χ1) is 11.4. The fraction of sp³-hybridized carbons (Fsp3) is 0.316. The number of benzene rings is 2. The number of ether oxygens (including phenoxy) is 1. The minimum Gasteiger partial charge on any atom is -0.459 e. The van der Waals surface area contributed by atoms with E-state index >= 15 is 0 Å². The number of aryl methyl sites for hydroxylation is 2. The second-order valence-electron chi connectivity index (χ2n) is 6.33. The molecule has 0 saturated carbocycles. The lowest BCUT2D eigenvalue weighted by atomic mass is 10.1. The van der Waals surface area contributed by atoms with Crippen molar-refractivity contribution < 1.29 is 9.53 Å². The van der Waals surface area contributed by atoms with Crippen LogP contribution in [0.25, 0.3) is 11.0 Å². The number of fused-ring (bicyclic) bond motifs is 1. The van der Waals surface area contributed by atoms with Crippen molar-refractivity contribution in [3.05, 3.63) is 58.7 Å². The highest BCUT2D eigenvalue weighted by molar-refractivity contribution is 5.89. The monoisotopic (exact) mass is 323 g/mol. The van der Waals surface area contributed by atoms with Crippen molar-refractivity contribution in [2.45, 2.75) is 40.3 Å². The second kappa shape index (κ2) is 6.43. The Morgan fingerprint density at radius 1 is 1.17 bits per heavy atom. The number of carbonyl (C=O) groups is 1. The Bertz CT molecular complexity index is 897. The molecule has 3 rings (SSSR count). The molecule has 0 bridgehead atoms. The molecule has 0 saturated heterocycles. The van der Waals surface area contributed by atoms with Crippen LogP contribution in [0.5, 0.6) is 0 Å². The minimum absolute atomic E-state index is 0.133. The summed E-state index contributed by atoms with van der Waals surface area (Å²) in [6, 6.07) is 11.6. The average molecular weight is 323 g/mol. The van der Waals surface area contributed by atoms with Gasteiger partial charge in [0.2, 0.25) is 0 Å². The van der Waals surface area contributed by atoms with Gasteiger partial charge in [0.25, 0.3) is 0 Å². The van der Waals surface area contributed by atoms with Gasteiger partial charge in [0, 0.05) is 0 Å². The smallest absolute Gasteiger partial charge is 0.338 e. The lowest BCUT2D eigenvalue weighted by Crippen LogP contribution is -2.12. The molecule has 1 heterocycles. The summed E-state index contributed by atoms with van der Waals surface area (Å²) in [5.74, 6) is -0.304. The van der Waals surface area contributed by atoms with Gasteiger partial charge in [-0.1, -0.05) is 17.3 Å². The van der Waals surface area contributed by atoms with E-state index in [0.29, 0.717) is 12.1 Å². The maximum Gasteiger partial charge on any atom is 0.338 e. The third-order valence-electron chi connectivity index (χ3n) is 3.97. The highest BCUT2D eigenvalue weighted by Gasteiger charge is 2.11.